The van der Waals surface area contributed by atoms with Crippen molar-refractivity contribution in [3.8, 4) is 0 Å². The molecular formula is C20H28N2O4. The second kappa shape index (κ2) is 11.1. The Labute approximate surface area is 155 Å². The van der Waals surface area contributed by atoms with Crippen LogP contribution in [0.4, 0.5) is 0 Å². The first kappa shape index (κ1) is 21.4. The number of ether oxygens (including phenoxy) is 1. The quantitative estimate of drug-likeness (QED) is 0.542. The number of amides is 2. The summed E-state index contributed by atoms with van der Waals surface area (Å²) in [7, 11) is 2.89. The highest BCUT2D eigenvalue weighted by Gasteiger charge is 2.18. The first-order valence-electron chi connectivity index (χ1n) is 8.81. The fourth-order valence-electron chi connectivity index (χ4n) is 2.47. The third-order valence-electron chi connectivity index (χ3n) is 4.31. The lowest BCUT2D eigenvalue weighted by Crippen LogP contribution is -2.38. The summed E-state index contributed by atoms with van der Waals surface area (Å²) in [6, 6.07) is 6.92. The van der Waals surface area contributed by atoms with Crippen molar-refractivity contribution in [1.82, 2.24) is 10.2 Å². The lowest BCUT2D eigenvalue weighted by molar-refractivity contribution is -0.145. The normalized spacial score (nSPS) is 10.8. The number of hydrogen-bond acceptors (Lipinski definition) is 4. The van der Waals surface area contributed by atoms with E-state index in [1.54, 1.807) is 37.4 Å². The number of carbonyl (C=O) groups excluding carboxylic acids is 3. The average molecular weight is 360 g/mol. The van der Waals surface area contributed by atoms with E-state index in [0.717, 1.165) is 18.4 Å². The van der Waals surface area contributed by atoms with Crippen molar-refractivity contribution in [3.05, 3.63) is 41.5 Å². The molecule has 2 amide bonds. The van der Waals surface area contributed by atoms with Gasteiger partial charge in [-0.1, -0.05) is 38.8 Å². The van der Waals surface area contributed by atoms with E-state index in [0.29, 0.717) is 18.0 Å². The molecule has 1 aromatic carbocycles. The minimum absolute atomic E-state index is 0.0637. The van der Waals surface area contributed by atoms with E-state index in [1.807, 2.05) is 0 Å². The maximum atomic E-state index is 12.5. The van der Waals surface area contributed by atoms with Gasteiger partial charge in [0.2, 0.25) is 5.91 Å². The Morgan fingerprint density at radius 2 is 1.77 bits per heavy atom. The molecule has 26 heavy (non-hydrogen) atoms. The molecule has 0 saturated carbocycles. The summed E-state index contributed by atoms with van der Waals surface area (Å²) in [6.07, 6.45) is 4.99. The zero-order valence-corrected chi connectivity index (χ0v) is 16.0. The Morgan fingerprint density at radius 1 is 1.15 bits per heavy atom. The molecule has 0 spiro atoms. The van der Waals surface area contributed by atoms with Gasteiger partial charge in [0.1, 0.15) is 6.54 Å². The van der Waals surface area contributed by atoms with Crippen molar-refractivity contribution in [2.75, 3.05) is 27.2 Å². The van der Waals surface area contributed by atoms with E-state index >= 15 is 0 Å². The van der Waals surface area contributed by atoms with E-state index in [4.69, 9.17) is 4.74 Å². The minimum Gasteiger partial charge on any atom is -0.468 e. The maximum absolute atomic E-state index is 12.5. The maximum Gasteiger partial charge on any atom is 0.325 e. The molecule has 0 unspecified atom stereocenters. The summed E-state index contributed by atoms with van der Waals surface area (Å²) < 4.78 is 4.69. The largest absolute Gasteiger partial charge is 0.468 e. The van der Waals surface area contributed by atoms with Gasteiger partial charge in [-0.25, -0.2) is 0 Å². The molecule has 0 aliphatic heterocycles. The van der Waals surface area contributed by atoms with E-state index in [-0.39, 0.29) is 18.4 Å². The van der Waals surface area contributed by atoms with Crippen LogP contribution in [-0.4, -0.2) is 49.9 Å². The highest BCUT2D eigenvalue weighted by molar-refractivity contribution is 5.95. The number of rotatable bonds is 9. The second-order valence-electron chi connectivity index (χ2n) is 6.01. The second-order valence-corrected chi connectivity index (χ2v) is 6.01. The summed E-state index contributed by atoms with van der Waals surface area (Å²) in [5.74, 6) is -0.500. The Kier molecular flexibility index (Phi) is 9.12. The molecule has 1 N–H and O–H groups in total. The van der Waals surface area contributed by atoms with Gasteiger partial charge in [0.25, 0.3) is 5.91 Å². The minimum atomic E-state index is -0.437. The molecule has 0 aromatic heterocycles. The Morgan fingerprint density at radius 3 is 2.27 bits per heavy atom. The summed E-state index contributed by atoms with van der Waals surface area (Å²) in [5.41, 5.74) is 1.35. The van der Waals surface area contributed by atoms with Crippen LogP contribution in [0.25, 0.3) is 6.08 Å². The summed E-state index contributed by atoms with van der Waals surface area (Å²) in [4.78, 5) is 37.2. The van der Waals surface area contributed by atoms with Crippen molar-refractivity contribution in [2.45, 2.75) is 26.7 Å². The monoisotopic (exact) mass is 360 g/mol. The lowest BCUT2D eigenvalue weighted by atomic mass is 10.0. The first-order valence-corrected chi connectivity index (χ1v) is 8.81. The van der Waals surface area contributed by atoms with Crippen molar-refractivity contribution in [1.29, 1.82) is 0 Å². The predicted octanol–water partition coefficient (Wildman–Crippen LogP) is 2.50. The zero-order chi connectivity index (χ0) is 19.5. The molecule has 0 aliphatic carbocycles. The number of nitrogens with zero attached hydrogens (tertiary/aromatic N) is 1. The predicted molar refractivity (Wildman–Crippen MR) is 102 cm³/mol. The number of carbonyl (C=O) groups is 3. The third-order valence-corrected chi connectivity index (χ3v) is 4.31. The van der Waals surface area contributed by atoms with Gasteiger partial charge in [-0.3, -0.25) is 14.4 Å². The highest BCUT2D eigenvalue weighted by atomic mass is 16.5. The Bertz CT molecular complexity index is 634. The smallest absolute Gasteiger partial charge is 0.325 e. The molecule has 142 valence electrons. The molecule has 0 atom stereocenters. The van der Waals surface area contributed by atoms with E-state index in [1.165, 1.54) is 18.1 Å². The van der Waals surface area contributed by atoms with Gasteiger partial charge < -0.3 is 15.0 Å². The van der Waals surface area contributed by atoms with Gasteiger partial charge in [-0.15, -0.1) is 0 Å². The van der Waals surface area contributed by atoms with Crippen molar-refractivity contribution < 1.29 is 19.1 Å². The molecule has 1 aromatic rings. The molecule has 0 heterocycles. The van der Waals surface area contributed by atoms with Crippen LogP contribution in [0, 0.1) is 5.92 Å². The van der Waals surface area contributed by atoms with E-state index in [2.05, 4.69) is 19.2 Å². The van der Waals surface area contributed by atoms with Crippen LogP contribution in [0.3, 0.4) is 0 Å². The molecule has 0 bridgehead atoms. The van der Waals surface area contributed by atoms with E-state index in [9.17, 15) is 14.4 Å². The molecule has 0 saturated heterocycles. The van der Waals surface area contributed by atoms with Crippen molar-refractivity contribution in [2.24, 2.45) is 5.92 Å². The Balaban J connectivity index is 2.84. The fraction of sp³-hybridized carbons (Fsp3) is 0.450. The topological polar surface area (TPSA) is 75.7 Å². The number of benzene rings is 1. The molecule has 1 rings (SSSR count). The average Bonchev–Trinajstić information content (AvgIpc) is 2.68. The summed E-state index contributed by atoms with van der Waals surface area (Å²) in [6.45, 7) is 4.59. The highest BCUT2D eigenvalue weighted by Crippen LogP contribution is 2.12. The van der Waals surface area contributed by atoms with Crippen LogP contribution in [0.1, 0.15) is 42.6 Å². The first-order chi connectivity index (χ1) is 12.4. The standard InChI is InChI=1S/C20H28N2O4/c1-5-15(6-2)13-22(14-19(24)26-4)18(23)12-9-16-7-10-17(11-8-16)20(25)21-3/h7-12,15H,5-6,13-14H2,1-4H3,(H,21,25)/b12-9-. The lowest BCUT2D eigenvalue weighted by Gasteiger charge is -2.24. The molecule has 0 fully saturated rings. The zero-order valence-electron chi connectivity index (χ0n) is 16.0. The summed E-state index contributed by atoms with van der Waals surface area (Å²) in [5, 5.41) is 2.56. The Hall–Kier alpha value is -2.63. The SMILES string of the molecule is CCC(CC)CN(CC(=O)OC)C(=O)/C=C\c1ccc(C(=O)NC)cc1. The van der Waals surface area contributed by atoms with Crippen LogP contribution in [-0.2, 0) is 14.3 Å². The molecular weight excluding hydrogens is 332 g/mol. The number of methoxy groups -OCH3 is 1. The van der Waals surface area contributed by atoms with Crippen LogP contribution in [0.5, 0.6) is 0 Å². The van der Waals surface area contributed by atoms with Gasteiger partial charge in [-0.05, 0) is 29.7 Å². The van der Waals surface area contributed by atoms with Crippen LogP contribution in [0.2, 0.25) is 0 Å². The number of nitrogens with one attached hydrogen (secondary N) is 1. The van der Waals surface area contributed by atoms with Gasteiger partial charge in [0.05, 0.1) is 7.11 Å². The van der Waals surface area contributed by atoms with Crippen LogP contribution < -0.4 is 5.32 Å². The van der Waals surface area contributed by atoms with Gasteiger partial charge >= 0.3 is 5.97 Å². The molecule has 0 aliphatic rings. The number of hydrogen-bond donors (Lipinski definition) is 1. The molecule has 6 heteroatoms. The molecule has 0 radical (unpaired) electrons. The number of esters is 1. The van der Waals surface area contributed by atoms with Crippen molar-refractivity contribution in [3.63, 3.8) is 0 Å². The van der Waals surface area contributed by atoms with Crippen molar-refractivity contribution >= 4 is 23.9 Å². The van der Waals surface area contributed by atoms with Gasteiger partial charge in [-0.2, -0.15) is 0 Å². The van der Waals surface area contributed by atoms with Gasteiger partial charge in [0.15, 0.2) is 0 Å². The van der Waals surface area contributed by atoms with Crippen LogP contribution >= 0.6 is 0 Å². The van der Waals surface area contributed by atoms with Gasteiger partial charge in [0, 0.05) is 25.2 Å². The van der Waals surface area contributed by atoms with Crippen LogP contribution in [0.15, 0.2) is 30.3 Å². The molecule has 6 nitrogen and oxygen atoms in total. The van der Waals surface area contributed by atoms with E-state index < -0.39 is 5.97 Å². The third kappa shape index (κ3) is 6.70. The summed E-state index contributed by atoms with van der Waals surface area (Å²) >= 11 is 0. The fourth-order valence-corrected chi connectivity index (χ4v) is 2.47.